The Kier molecular flexibility index (Phi) is 5.23. The van der Waals surface area contributed by atoms with Crippen molar-refractivity contribution in [3.8, 4) is 34.3 Å². The van der Waals surface area contributed by atoms with Crippen molar-refractivity contribution in [2.24, 2.45) is 0 Å². The quantitative estimate of drug-likeness (QED) is 0.325. The van der Waals surface area contributed by atoms with Crippen molar-refractivity contribution < 1.29 is 44.5 Å². The molecule has 6 N–H and O–H groups in total. The molecule has 0 bridgehead atoms. The number of benzene rings is 2. The molecule has 2 heterocycles. The minimum Gasteiger partial charge on any atom is -0.508 e. The van der Waals surface area contributed by atoms with Crippen LogP contribution in [0, 0.1) is 0 Å². The molecule has 0 amide bonds. The summed E-state index contributed by atoms with van der Waals surface area (Å²) < 4.78 is 16.5. The van der Waals surface area contributed by atoms with Crippen molar-refractivity contribution >= 4 is 11.0 Å². The molecule has 1 saturated heterocycles. The van der Waals surface area contributed by atoms with Gasteiger partial charge in [-0.2, -0.15) is 0 Å². The molecule has 164 valence electrons. The first kappa shape index (κ1) is 20.9. The molecule has 0 unspecified atom stereocenters. The molecule has 1 aliphatic rings. The molecule has 5 atom stereocenters. The fourth-order valence-electron chi connectivity index (χ4n) is 3.36. The van der Waals surface area contributed by atoms with E-state index in [1.807, 2.05) is 0 Å². The lowest BCUT2D eigenvalue weighted by molar-refractivity contribution is -0.268. The fraction of sp³-hybridized carbons (Fsp3) is 0.286. The van der Waals surface area contributed by atoms with Crippen LogP contribution in [0.4, 0.5) is 0 Å². The average molecular weight is 432 g/mol. The molecule has 0 saturated carbocycles. The normalized spacial score (nSPS) is 26.1. The van der Waals surface area contributed by atoms with Gasteiger partial charge in [0, 0.05) is 17.7 Å². The summed E-state index contributed by atoms with van der Waals surface area (Å²) >= 11 is 0. The van der Waals surface area contributed by atoms with Crippen molar-refractivity contribution in [1.29, 1.82) is 0 Å². The minimum absolute atomic E-state index is 0.0257. The van der Waals surface area contributed by atoms with E-state index in [-0.39, 0.29) is 28.2 Å². The van der Waals surface area contributed by atoms with E-state index in [0.29, 0.717) is 5.56 Å². The Morgan fingerprint density at radius 2 is 1.58 bits per heavy atom. The van der Waals surface area contributed by atoms with E-state index in [1.54, 1.807) is 0 Å². The van der Waals surface area contributed by atoms with E-state index < -0.39 is 47.6 Å². The highest BCUT2D eigenvalue weighted by Crippen LogP contribution is 2.42. The highest BCUT2D eigenvalue weighted by atomic mass is 16.7. The Hall–Kier alpha value is -3.31. The number of aromatic hydroxyl groups is 3. The largest absolute Gasteiger partial charge is 0.508 e. The second-order valence-electron chi connectivity index (χ2n) is 7.27. The molecule has 4 rings (SSSR count). The summed E-state index contributed by atoms with van der Waals surface area (Å²) in [7, 11) is 0. The zero-order chi connectivity index (χ0) is 22.4. The number of phenolic OH excluding ortho intramolecular Hbond substituents is 3. The number of rotatable bonds is 3. The minimum atomic E-state index is -1.65. The Balaban J connectivity index is 1.77. The maximum Gasteiger partial charge on any atom is 0.229 e. The summed E-state index contributed by atoms with van der Waals surface area (Å²) in [6.45, 7) is 1.46. The van der Waals surface area contributed by atoms with Crippen molar-refractivity contribution in [2.75, 3.05) is 0 Å². The van der Waals surface area contributed by atoms with Crippen LogP contribution in [0.3, 0.4) is 0 Å². The molecule has 1 aromatic heterocycles. The Morgan fingerprint density at radius 1 is 0.903 bits per heavy atom. The first-order chi connectivity index (χ1) is 14.7. The maximum absolute atomic E-state index is 12.5. The number of hydrogen-bond acceptors (Lipinski definition) is 10. The number of hydrogen-bond donors (Lipinski definition) is 6. The lowest BCUT2D eigenvalue weighted by Crippen LogP contribution is -2.58. The van der Waals surface area contributed by atoms with E-state index in [2.05, 4.69) is 0 Å². The Morgan fingerprint density at radius 3 is 2.26 bits per heavy atom. The van der Waals surface area contributed by atoms with Gasteiger partial charge in [-0.25, -0.2) is 0 Å². The van der Waals surface area contributed by atoms with E-state index in [0.717, 1.165) is 12.1 Å². The number of phenols is 3. The molecule has 0 aliphatic carbocycles. The topological polar surface area (TPSA) is 170 Å². The first-order valence-electron chi connectivity index (χ1n) is 9.36. The molecule has 1 aliphatic heterocycles. The third-order valence-corrected chi connectivity index (χ3v) is 5.13. The third-order valence-electron chi connectivity index (χ3n) is 5.13. The summed E-state index contributed by atoms with van der Waals surface area (Å²) in [5.41, 5.74) is -0.284. The van der Waals surface area contributed by atoms with E-state index >= 15 is 0 Å². The van der Waals surface area contributed by atoms with Crippen molar-refractivity contribution in [2.45, 2.75) is 37.6 Å². The highest BCUT2D eigenvalue weighted by molar-refractivity contribution is 5.89. The van der Waals surface area contributed by atoms with Gasteiger partial charge in [0.15, 0.2) is 16.9 Å². The Bertz CT molecular complexity index is 1170. The van der Waals surface area contributed by atoms with Crippen LogP contribution in [0.1, 0.15) is 6.92 Å². The molecule has 10 heteroatoms. The average Bonchev–Trinajstić information content (AvgIpc) is 2.74. The van der Waals surface area contributed by atoms with Crippen LogP contribution in [0.25, 0.3) is 22.3 Å². The molecule has 1 fully saturated rings. The van der Waals surface area contributed by atoms with Crippen LogP contribution in [0.15, 0.2) is 45.6 Å². The first-order valence-corrected chi connectivity index (χ1v) is 9.36. The van der Waals surface area contributed by atoms with Gasteiger partial charge < -0.3 is 44.5 Å². The van der Waals surface area contributed by atoms with E-state index in [9.17, 15) is 35.4 Å². The predicted octanol–water partition coefficient (Wildman–Crippen LogP) is 0.783. The SMILES string of the molecule is C[C@@H]1O[C@H](Oc2cc3oc(-c4ccc(O)cc4)cc(=O)c3c(O)c2O)[C@@H](O)[C@@H](O)[C@H]1O. The number of aliphatic hydroxyl groups excluding tert-OH is 3. The maximum atomic E-state index is 12.5. The van der Waals surface area contributed by atoms with Gasteiger partial charge in [0.2, 0.25) is 12.0 Å². The second-order valence-corrected chi connectivity index (χ2v) is 7.27. The molecular weight excluding hydrogens is 412 g/mol. The van der Waals surface area contributed by atoms with Gasteiger partial charge in [-0.3, -0.25) is 4.79 Å². The zero-order valence-corrected chi connectivity index (χ0v) is 16.2. The van der Waals surface area contributed by atoms with Gasteiger partial charge in [0.1, 0.15) is 40.8 Å². The third kappa shape index (κ3) is 3.66. The number of ether oxygens (including phenoxy) is 2. The lowest BCUT2D eigenvalue weighted by atomic mass is 10.00. The van der Waals surface area contributed by atoms with Crippen LogP contribution in [-0.2, 0) is 4.74 Å². The van der Waals surface area contributed by atoms with Crippen LogP contribution < -0.4 is 10.2 Å². The Labute approximate surface area is 174 Å². The summed E-state index contributed by atoms with van der Waals surface area (Å²) in [6.07, 6.45) is -6.94. The summed E-state index contributed by atoms with van der Waals surface area (Å²) in [4.78, 5) is 12.5. The molecule has 2 aromatic carbocycles. The predicted molar refractivity (Wildman–Crippen MR) is 106 cm³/mol. The van der Waals surface area contributed by atoms with Crippen LogP contribution in [-0.4, -0.2) is 61.3 Å². The smallest absolute Gasteiger partial charge is 0.229 e. The fourth-order valence-corrected chi connectivity index (χ4v) is 3.36. The number of fused-ring (bicyclic) bond motifs is 1. The van der Waals surface area contributed by atoms with Crippen LogP contribution in [0.2, 0.25) is 0 Å². The second kappa shape index (κ2) is 7.75. The monoisotopic (exact) mass is 432 g/mol. The van der Waals surface area contributed by atoms with Gasteiger partial charge >= 0.3 is 0 Å². The van der Waals surface area contributed by atoms with Gasteiger partial charge in [0.25, 0.3) is 0 Å². The van der Waals surface area contributed by atoms with E-state index in [4.69, 9.17) is 13.9 Å². The molecule has 31 heavy (non-hydrogen) atoms. The van der Waals surface area contributed by atoms with Crippen LogP contribution in [0.5, 0.6) is 23.0 Å². The summed E-state index contributed by atoms with van der Waals surface area (Å²) in [6, 6.07) is 8.13. The van der Waals surface area contributed by atoms with Crippen molar-refractivity contribution in [3.63, 3.8) is 0 Å². The molecular formula is C21H20O10. The van der Waals surface area contributed by atoms with Crippen molar-refractivity contribution in [1.82, 2.24) is 0 Å². The van der Waals surface area contributed by atoms with Gasteiger partial charge in [-0.1, -0.05) is 0 Å². The standard InChI is InChI=1S/C21H20O10/c1-8-16(24)19(27)20(28)21(29-8)31-14-7-13-15(18(26)17(14)25)11(23)6-12(30-13)9-2-4-10(22)5-3-9/h2-8,16,19-22,24-28H,1H3/t8-,16-,19-,20-,21+/m0/s1. The van der Waals surface area contributed by atoms with E-state index in [1.165, 1.54) is 31.2 Å². The zero-order valence-electron chi connectivity index (χ0n) is 16.2. The molecule has 0 radical (unpaired) electrons. The van der Waals surface area contributed by atoms with Gasteiger partial charge in [-0.05, 0) is 31.2 Å². The highest BCUT2D eigenvalue weighted by Gasteiger charge is 2.43. The summed E-state index contributed by atoms with van der Waals surface area (Å²) in [5, 5.41) is 59.6. The lowest BCUT2D eigenvalue weighted by Gasteiger charge is -2.38. The molecule has 10 nitrogen and oxygen atoms in total. The van der Waals surface area contributed by atoms with Gasteiger partial charge in [0.05, 0.1) is 6.10 Å². The van der Waals surface area contributed by atoms with Crippen molar-refractivity contribution in [3.05, 3.63) is 46.6 Å². The summed E-state index contributed by atoms with van der Waals surface area (Å²) in [5.74, 6) is -1.80. The number of aliphatic hydroxyl groups is 3. The molecule has 3 aromatic rings. The molecule has 0 spiro atoms. The van der Waals surface area contributed by atoms with Gasteiger partial charge in [-0.15, -0.1) is 0 Å². The van der Waals surface area contributed by atoms with Crippen LogP contribution >= 0.6 is 0 Å².